The van der Waals surface area contributed by atoms with Crippen molar-refractivity contribution in [2.24, 2.45) is 5.92 Å². The van der Waals surface area contributed by atoms with Gasteiger partial charge in [-0.3, -0.25) is 0 Å². The largest absolute Gasteiger partial charge is 0.418 e. The molecule has 1 aliphatic heterocycles. The number of para-hydroxylation sites is 1. The van der Waals surface area contributed by atoms with Crippen molar-refractivity contribution in [2.45, 2.75) is 25.2 Å². The van der Waals surface area contributed by atoms with Crippen LogP contribution in [-0.4, -0.2) is 30.2 Å². The summed E-state index contributed by atoms with van der Waals surface area (Å²) >= 11 is 0. The van der Waals surface area contributed by atoms with Crippen molar-refractivity contribution in [1.82, 2.24) is 4.90 Å². The highest BCUT2D eigenvalue weighted by molar-refractivity contribution is 5.90. The molecule has 1 heterocycles. The van der Waals surface area contributed by atoms with Crippen LogP contribution in [0, 0.1) is 5.92 Å². The van der Waals surface area contributed by atoms with Gasteiger partial charge >= 0.3 is 18.4 Å². The van der Waals surface area contributed by atoms with Crippen molar-refractivity contribution in [1.29, 1.82) is 0 Å². The average molecular weight is 340 g/mol. The molecule has 1 aliphatic rings. The first-order chi connectivity index (χ1) is 10.6. The lowest BCUT2D eigenvalue weighted by atomic mass is 9.98. The average Bonchev–Trinajstić information content (AvgIpc) is 2.46. The number of alkyl halides is 6. The van der Waals surface area contributed by atoms with Crippen LogP contribution >= 0.6 is 0 Å². The van der Waals surface area contributed by atoms with E-state index in [0.717, 1.165) is 17.0 Å². The Kier molecular flexibility index (Phi) is 4.76. The van der Waals surface area contributed by atoms with Crippen LogP contribution in [0.25, 0.3) is 0 Å². The molecule has 128 valence electrons. The van der Waals surface area contributed by atoms with Crippen LogP contribution in [0.2, 0.25) is 0 Å². The zero-order valence-corrected chi connectivity index (χ0v) is 11.8. The van der Waals surface area contributed by atoms with E-state index < -0.39 is 42.1 Å². The van der Waals surface area contributed by atoms with E-state index in [4.69, 9.17) is 0 Å². The number of hydrogen-bond acceptors (Lipinski definition) is 1. The second-order valence-electron chi connectivity index (χ2n) is 5.30. The highest BCUT2D eigenvalue weighted by atomic mass is 19.4. The SMILES string of the molecule is O=C(Nc1ccccc1C(F)(F)F)N1CCC[C@H](C(F)(F)F)C1. The number of urea groups is 1. The second-order valence-corrected chi connectivity index (χ2v) is 5.30. The molecule has 1 aromatic carbocycles. The summed E-state index contributed by atoms with van der Waals surface area (Å²) < 4.78 is 76.7. The first-order valence-corrected chi connectivity index (χ1v) is 6.88. The molecule has 23 heavy (non-hydrogen) atoms. The lowest BCUT2D eigenvalue weighted by molar-refractivity contribution is -0.183. The van der Waals surface area contributed by atoms with E-state index >= 15 is 0 Å². The van der Waals surface area contributed by atoms with Crippen molar-refractivity contribution >= 4 is 11.7 Å². The fourth-order valence-corrected chi connectivity index (χ4v) is 2.46. The highest BCUT2D eigenvalue weighted by Gasteiger charge is 2.43. The van der Waals surface area contributed by atoms with Crippen LogP contribution < -0.4 is 5.32 Å². The summed E-state index contributed by atoms with van der Waals surface area (Å²) in [4.78, 5) is 12.9. The Bertz CT molecular complexity index is 569. The van der Waals surface area contributed by atoms with Crippen LogP contribution in [-0.2, 0) is 6.18 Å². The Labute approximate surface area is 128 Å². The molecule has 0 aliphatic carbocycles. The predicted octanol–water partition coefficient (Wildman–Crippen LogP) is 4.51. The van der Waals surface area contributed by atoms with Gasteiger partial charge in [-0.15, -0.1) is 0 Å². The maximum Gasteiger partial charge on any atom is 0.418 e. The van der Waals surface area contributed by atoms with E-state index in [-0.39, 0.29) is 19.4 Å². The van der Waals surface area contributed by atoms with Crippen LogP contribution in [0.3, 0.4) is 0 Å². The van der Waals surface area contributed by atoms with E-state index in [1.807, 2.05) is 0 Å². The Morgan fingerprint density at radius 2 is 1.78 bits per heavy atom. The van der Waals surface area contributed by atoms with Gasteiger partial charge in [-0.1, -0.05) is 12.1 Å². The molecular formula is C14H14F6N2O. The number of nitrogens with one attached hydrogen (secondary N) is 1. The smallest absolute Gasteiger partial charge is 0.324 e. The summed E-state index contributed by atoms with van der Waals surface area (Å²) in [5, 5.41) is 2.06. The summed E-state index contributed by atoms with van der Waals surface area (Å²) in [6.45, 7) is -0.476. The number of benzene rings is 1. The minimum absolute atomic E-state index is 0.0760. The zero-order valence-electron chi connectivity index (χ0n) is 11.8. The number of piperidine rings is 1. The lowest BCUT2D eigenvalue weighted by Gasteiger charge is -2.33. The van der Waals surface area contributed by atoms with Crippen molar-refractivity contribution in [3.05, 3.63) is 29.8 Å². The lowest BCUT2D eigenvalue weighted by Crippen LogP contribution is -2.46. The molecule has 3 nitrogen and oxygen atoms in total. The molecule has 1 saturated heterocycles. The maximum absolute atomic E-state index is 12.8. The number of carbonyl (C=O) groups excluding carboxylic acids is 1. The second kappa shape index (κ2) is 6.29. The Morgan fingerprint density at radius 1 is 1.13 bits per heavy atom. The third-order valence-corrected chi connectivity index (χ3v) is 3.65. The van der Waals surface area contributed by atoms with E-state index in [1.165, 1.54) is 12.1 Å². The van der Waals surface area contributed by atoms with E-state index in [9.17, 15) is 31.1 Å². The van der Waals surface area contributed by atoms with E-state index in [2.05, 4.69) is 5.32 Å². The molecule has 0 unspecified atom stereocenters. The Morgan fingerprint density at radius 3 is 2.39 bits per heavy atom. The highest BCUT2D eigenvalue weighted by Crippen LogP contribution is 2.36. The van der Waals surface area contributed by atoms with Gasteiger partial charge in [0, 0.05) is 13.1 Å². The van der Waals surface area contributed by atoms with Gasteiger partial charge in [0.05, 0.1) is 17.2 Å². The fraction of sp³-hybridized carbons (Fsp3) is 0.500. The zero-order chi connectivity index (χ0) is 17.3. The predicted molar refractivity (Wildman–Crippen MR) is 70.8 cm³/mol. The van der Waals surface area contributed by atoms with Gasteiger partial charge in [-0.05, 0) is 25.0 Å². The maximum atomic E-state index is 12.8. The molecule has 1 atom stereocenters. The van der Waals surface area contributed by atoms with Gasteiger partial charge in [0.2, 0.25) is 0 Å². The first kappa shape index (κ1) is 17.4. The summed E-state index contributed by atoms with van der Waals surface area (Å²) in [6.07, 6.45) is -9.03. The van der Waals surface area contributed by atoms with Gasteiger partial charge in [-0.2, -0.15) is 26.3 Å². The molecule has 2 amide bonds. The van der Waals surface area contributed by atoms with Crippen LogP contribution in [0.4, 0.5) is 36.8 Å². The fourth-order valence-electron chi connectivity index (χ4n) is 2.46. The number of carbonyl (C=O) groups is 1. The van der Waals surface area contributed by atoms with Gasteiger partial charge in [0.15, 0.2) is 0 Å². The molecule has 0 spiro atoms. The van der Waals surface area contributed by atoms with Gasteiger partial charge < -0.3 is 10.2 Å². The summed E-state index contributed by atoms with van der Waals surface area (Å²) in [5.41, 5.74) is -1.52. The van der Waals surface area contributed by atoms with Crippen LogP contribution in [0.1, 0.15) is 18.4 Å². The third-order valence-electron chi connectivity index (χ3n) is 3.65. The normalized spacial score (nSPS) is 19.6. The van der Waals surface area contributed by atoms with E-state index in [0.29, 0.717) is 0 Å². The van der Waals surface area contributed by atoms with Gasteiger partial charge in [0.1, 0.15) is 0 Å². The van der Waals surface area contributed by atoms with E-state index in [1.54, 1.807) is 0 Å². The number of rotatable bonds is 1. The summed E-state index contributed by atoms with van der Waals surface area (Å²) in [7, 11) is 0. The van der Waals surface area contributed by atoms with Gasteiger partial charge in [-0.25, -0.2) is 4.79 Å². The number of amides is 2. The van der Waals surface area contributed by atoms with Crippen LogP contribution in [0.15, 0.2) is 24.3 Å². The molecule has 1 fully saturated rings. The monoisotopic (exact) mass is 340 g/mol. The third kappa shape index (κ3) is 4.29. The molecule has 0 bridgehead atoms. The number of likely N-dealkylation sites (tertiary alicyclic amines) is 1. The topological polar surface area (TPSA) is 32.3 Å². The van der Waals surface area contributed by atoms with Crippen molar-refractivity contribution < 1.29 is 31.1 Å². The Hall–Kier alpha value is -1.93. The minimum atomic E-state index is -4.67. The minimum Gasteiger partial charge on any atom is -0.324 e. The van der Waals surface area contributed by atoms with Gasteiger partial charge in [0.25, 0.3) is 0 Å². The summed E-state index contributed by atoms with van der Waals surface area (Å²) in [6, 6.07) is 3.37. The number of nitrogens with zero attached hydrogens (tertiary/aromatic N) is 1. The molecule has 2 rings (SSSR count). The number of halogens is 6. The molecule has 0 aromatic heterocycles. The first-order valence-electron chi connectivity index (χ1n) is 6.88. The van der Waals surface area contributed by atoms with Crippen molar-refractivity contribution in [2.75, 3.05) is 18.4 Å². The molecule has 1 N–H and O–H groups in total. The van der Waals surface area contributed by atoms with Crippen molar-refractivity contribution in [3.63, 3.8) is 0 Å². The molecule has 1 aromatic rings. The van der Waals surface area contributed by atoms with Crippen molar-refractivity contribution in [3.8, 4) is 0 Å². The number of hydrogen-bond donors (Lipinski definition) is 1. The molecule has 0 saturated carbocycles. The molecule has 9 heteroatoms. The molecule has 0 radical (unpaired) electrons. The molecular weight excluding hydrogens is 326 g/mol. The van der Waals surface area contributed by atoms with Crippen LogP contribution in [0.5, 0.6) is 0 Å². The number of anilines is 1. The standard InChI is InChI=1S/C14H14F6N2O/c15-13(16,17)9-4-3-7-22(8-9)12(23)21-11-6-2-1-5-10(11)14(18,19)20/h1-2,5-6,9H,3-4,7-8H2,(H,21,23)/t9-/m0/s1. The summed E-state index contributed by atoms with van der Waals surface area (Å²) in [5.74, 6) is -1.65. The Balaban J connectivity index is 2.11. The quantitative estimate of drug-likeness (QED) is 0.750.